The molecule has 0 aromatic carbocycles. The second-order valence-corrected chi connectivity index (χ2v) is 3.66. The summed E-state index contributed by atoms with van der Waals surface area (Å²) >= 11 is 0. The number of carbonyl (C=O) groups excluding carboxylic acids is 2. The molecule has 0 radical (unpaired) electrons. The third kappa shape index (κ3) is 2.82. The molecular weight excluding hydrogens is 235 g/mol. The average molecular weight is 244 g/mol. The van der Waals surface area contributed by atoms with Crippen molar-refractivity contribution in [2.24, 2.45) is 0 Å². The number of aromatic nitrogens is 2. The van der Waals surface area contributed by atoms with Gasteiger partial charge in [-0.3, -0.25) is 19.6 Å². The fourth-order valence-corrected chi connectivity index (χ4v) is 1.44. The second kappa shape index (κ2) is 5.27. The van der Waals surface area contributed by atoms with E-state index in [0.29, 0.717) is 5.56 Å². The van der Waals surface area contributed by atoms with Crippen molar-refractivity contribution in [3.63, 3.8) is 0 Å². The Morgan fingerprint density at radius 1 is 1.06 bits per heavy atom. The number of nitrogens with zero attached hydrogens (tertiary/aromatic N) is 2. The highest BCUT2D eigenvalue weighted by Gasteiger charge is 2.14. The lowest BCUT2D eigenvalue weighted by molar-refractivity contribution is 0.0893. The Hall–Kier alpha value is -2.43. The Labute approximate surface area is 103 Å². The van der Waals surface area contributed by atoms with E-state index in [1.54, 1.807) is 12.1 Å². The second-order valence-electron chi connectivity index (χ2n) is 3.66. The summed E-state index contributed by atoms with van der Waals surface area (Å²) in [7, 11) is 0. The first-order valence-corrected chi connectivity index (χ1v) is 5.24. The number of pyridine rings is 2. The number of hydrogen-bond acceptors (Lipinski definition) is 4. The van der Waals surface area contributed by atoms with Crippen LogP contribution in [-0.4, -0.2) is 21.5 Å². The summed E-state index contributed by atoms with van der Waals surface area (Å²) in [5.41, 5.74) is 0.447. The van der Waals surface area contributed by atoms with Gasteiger partial charge in [-0.15, -0.1) is 0 Å². The van der Waals surface area contributed by atoms with Crippen LogP contribution in [0, 0.1) is 5.82 Å². The zero-order valence-corrected chi connectivity index (χ0v) is 9.34. The molecule has 0 fully saturated rings. The molecule has 2 aromatic rings. The van der Waals surface area contributed by atoms with Crippen LogP contribution < -0.4 is 0 Å². The third-order valence-electron chi connectivity index (χ3n) is 2.33. The summed E-state index contributed by atoms with van der Waals surface area (Å²) in [6.07, 6.45) is 4.84. The Kier molecular flexibility index (Phi) is 3.52. The molecule has 0 aliphatic heterocycles. The van der Waals surface area contributed by atoms with Crippen molar-refractivity contribution in [1.82, 2.24) is 9.97 Å². The molecular formula is C13H9FN2O2. The summed E-state index contributed by atoms with van der Waals surface area (Å²) in [6, 6.07) is 4.25. The Morgan fingerprint density at radius 2 is 1.78 bits per heavy atom. The van der Waals surface area contributed by atoms with Gasteiger partial charge < -0.3 is 0 Å². The monoisotopic (exact) mass is 244 g/mol. The highest BCUT2D eigenvalue weighted by Crippen LogP contribution is 2.08. The number of rotatable bonds is 4. The van der Waals surface area contributed by atoms with Gasteiger partial charge in [-0.25, -0.2) is 4.39 Å². The Morgan fingerprint density at radius 3 is 2.44 bits per heavy atom. The molecule has 0 saturated heterocycles. The molecule has 0 spiro atoms. The maximum Gasteiger partial charge on any atom is 0.172 e. The maximum absolute atomic E-state index is 12.9. The van der Waals surface area contributed by atoms with Crippen LogP contribution in [0.25, 0.3) is 0 Å². The Bertz CT molecular complexity index is 585. The predicted molar refractivity (Wildman–Crippen MR) is 61.7 cm³/mol. The molecule has 0 amide bonds. The van der Waals surface area contributed by atoms with Crippen LogP contribution in [0.2, 0.25) is 0 Å². The van der Waals surface area contributed by atoms with Gasteiger partial charge in [0.05, 0.1) is 12.6 Å². The van der Waals surface area contributed by atoms with Gasteiger partial charge in [0.25, 0.3) is 0 Å². The zero-order chi connectivity index (χ0) is 13.0. The van der Waals surface area contributed by atoms with Gasteiger partial charge in [0.1, 0.15) is 5.82 Å². The van der Waals surface area contributed by atoms with E-state index in [0.717, 1.165) is 12.3 Å². The van der Waals surface area contributed by atoms with E-state index >= 15 is 0 Å². The van der Waals surface area contributed by atoms with Crippen molar-refractivity contribution < 1.29 is 14.0 Å². The zero-order valence-electron chi connectivity index (χ0n) is 9.34. The van der Waals surface area contributed by atoms with Crippen molar-refractivity contribution in [2.75, 3.05) is 0 Å². The number of halogens is 1. The first-order chi connectivity index (χ1) is 8.66. The van der Waals surface area contributed by atoms with E-state index < -0.39 is 11.6 Å². The highest BCUT2D eigenvalue weighted by molar-refractivity contribution is 6.13. The van der Waals surface area contributed by atoms with Gasteiger partial charge >= 0.3 is 0 Å². The van der Waals surface area contributed by atoms with Gasteiger partial charge in [-0.05, 0) is 18.2 Å². The SMILES string of the molecule is O=C(CC(=O)c1cncc(F)c1)c1cccnc1. The van der Waals surface area contributed by atoms with Gasteiger partial charge in [0, 0.05) is 29.7 Å². The first kappa shape index (κ1) is 12.0. The lowest BCUT2D eigenvalue weighted by Gasteiger charge is -2.00. The molecule has 0 N–H and O–H groups in total. The van der Waals surface area contributed by atoms with Crippen LogP contribution in [-0.2, 0) is 0 Å². The average Bonchev–Trinajstić information content (AvgIpc) is 2.39. The van der Waals surface area contributed by atoms with Crippen molar-refractivity contribution in [3.05, 3.63) is 59.9 Å². The third-order valence-corrected chi connectivity index (χ3v) is 2.33. The van der Waals surface area contributed by atoms with Crippen LogP contribution in [0.4, 0.5) is 4.39 Å². The van der Waals surface area contributed by atoms with E-state index in [9.17, 15) is 14.0 Å². The molecule has 0 bridgehead atoms. The van der Waals surface area contributed by atoms with Crippen LogP contribution in [0.5, 0.6) is 0 Å². The largest absolute Gasteiger partial charge is 0.294 e. The molecule has 2 heterocycles. The molecule has 4 nitrogen and oxygen atoms in total. The van der Waals surface area contributed by atoms with E-state index in [4.69, 9.17) is 0 Å². The lowest BCUT2D eigenvalue weighted by atomic mass is 10.0. The number of carbonyl (C=O) groups is 2. The molecule has 0 aliphatic rings. The molecule has 5 heteroatoms. The molecule has 90 valence electrons. The summed E-state index contributed by atoms with van der Waals surface area (Å²) in [6.45, 7) is 0. The predicted octanol–water partition coefficient (Wildman–Crippen LogP) is 2.07. The van der Waals surface area contributed by atoms with Crippen LogP contribution in [0.3, 0.4) is 0 Å². The van der Waals surface area contributed by atoms with Gasteiger partial charge in [-0.2, -0.15) is 0 Å². The Balaban J connectivity index is 2.11. The topological polar surface area (TPSA) is 59.9 Å². The quantitative estimate of drug-likeness (QED) is 0.610. The molecule has 0 unspecified atom stereocenters. The number of Topliss-reactive ketones (excluding diaryl/α,β-unsaturated/α-hetero) is 2. The molecule has 0 saturated carbocycles. The number of ketones is 2. The van der Waals surface area contributed by atoms with Crippen molar-refractivity contribution in [1.29, 1.82) is 0 Å². The molecule has 18 heavy (non-hydrogen) atoms. The van der Waals surface area contributed by atoms with Crippen LogP contribution in [0.15, 0.2) is 43.0 Å². The molecule has 0 atom stereocenters. The normalized spacial score (nSPS) is 10.1. The van der Waals surface area contributed by atoms with E-state index in [2.05, 4.69) is 9.97 Å². The summed E-state index contributed by atoms with van der Waals surface area (Å²) in [5.74, 6) is -1.41. The van der Waals surface area contributed by atoms with Crippen molar-refractivity contribution >= 4 is 11.6 Å². The molecule has 2 rings (SSSR count). The van der Waals surface area contributed by atoms with E-state index in [1.165, 1.54) is 18.6 Å². The lowest BCUT2D eigenvalue weighted by Crippen LogP contribution is -2.09. The maximum atomic E-state index is 12.9. The van der Waals surface area contributed by atoms with E-state index in [-0.39, 0.29) is 17.8 Å². The first-order valence-electron chi connectivity index (χ1n) is 5.24. The minimum atomic E-state index is -0.602. The highest BCUT2D eigenvalue weighted by atomic mass is 19.1. The summed E-state index contributed by atoms with van der Waals surface area (Å²) < 4.78 is 12.9. The van der Waals surface area contributed by atoms with Gasteiger partial charge in [-0.1, -0.05) is 0 Å². The molecule has 0 aliphatic carbocycles. The van der Waals surface area contributed by atoms with Crippen molar-refractivity contribution in [3.8, 4) is 0 Å². The molecule has 2 aromatic heterocycles. The fourth-order valence-electron chi connectivity index (χ4n) is 1.44. The summed E-state index contributed by atoms with van der Waals surface area (Å²) in [4.78, 5) is 30.8. The van der Waals surface area contributed by atoms with E-state index in [1.807, 2.05) is 0 Å². The minimum absolute atomic E-state index is 0.0900. The van der Waals surface area contributed by atoms with Gasteiger partial charge in [0.2, 0.25) is 0 Å². The van der Waals surface area contributed by atoms with Gasteiger partial charge in [0.15, 0.2) is 11.6 Å². The smallest absolute Gasteiger partial charge is 0.172 e. The van der Waals surface area contributed by atoms with Crippen LogP contribution in [0.1, 0.15) is 27.1 Å². The standard InChI is InChI=1S/C13H9FN2O2/c14-11-4-10(7-16-8-11)13(18)5-12(17)9-2-1-3-15-6-9/h1-4,6-8H,5H2. The summed E-state index contributed by atoms with van der Waals surface area (Å²) in [5, 5.41) is 0. The number of hydrogen-bond donors (Lipinski definition) is 0. The minimum Gasteiger partial charge on any atom is -0.294 e. The van der Waals surface area contributed by atoms with Crippen molar-refractivity contribution in [2.45, 2.75) is 6.42 Å². The van der Waals surface area contributed by atoms with Crippen LogP contribution >= 0.6 is 0 Å². The fraction of sp³-hybridized carbons (Fsp3) is 0.0769.